The fraction of sp³-hybridized carbons (Fsp3) is 0.647. The average molecular weight is 421 g/mol. The van der Waals surface area contributed by atoms with Crippen LogP contribution in [0.5, 0.6) is 0 Å². The lowest BCUT2D eigenvalue weighted by atomic mass is 10.2. The Morgan fingerprint density at radius 1 is 1.04 bits per heavy atom. The number of esters is 3. The Morgan fingerprint density at radius 2 is 1.59 bits per heavy atom. The summed E-state index contributed by atoms with van der Waals surface area (Å²) in [6, 6.07) is 0. The smallest absolute Gasteiger partial charge is 0.347 e. The summed E-state index contributed by atoms with van der Waals surface area (Å²) in [7, 11) is 0. The molecule has 0 saturated carbocycles. The molecule has 27 heavy (non-hydrogen) atoms. The van der Waals surface area contributed by atoms with E-state index >= 15 is 0 Å². The highest BCUT2D eigenvalue weighted by atomic mass is 32.2. The first-order valence-electron chi connectivity index (χ1n) is 8.47. The summed E-state index contributed by atoms with van der Waals surface area (Å²) in [6.45, 7) is 6.68. The Labute approximate surface area is 166 Å². The van der Waals surface area contributed by atoms with E-state index < -0.39 is 41.5 Å². The lowest BCUT2D eigenvalue weighted by molar-refractivity contribution is -0.151. The molecule has 0 radical (unpaired) electrons. The van der Waals surface area contributed by atoms with Gasteiger partial charge in [-0.25, -0.2) is 9.59 Å². The van der Waals surface area contributed by atoms with Crippen LogP contribution in [0.3, 0.4) is 0 Å². The van der Waals surface area contributed by atoms with E-state index in [-0.39, 0.29) is 24.8 Å². The second-order valence-electron chi connectivity index (χ2n) is 6.17. The van der Waals surface area contributed by atoms with Crippen LogP contribution in [0, 0.1) is 0 Å². The van der Waals surface area contributed by atoms with Crippen molar-refractivity contribution in [1.29, 1.82) is 0 Å². The number of ether oxygens (including phenoxy) is 3. The molecule has 1 saturated heterocycles. The average Bonchev–Trinajstić information content (AvgIpc) is 2.93. The van der Waals surface area contributed by atoms with Gasteiger partial charge in [-0.15, -0.1) is 11.8 Å². The molecule has 152 valence electrons. The van der Waals surface area contributed by atoms with Crippen molar-refractivity contribution >= 4 is 47.4 Å². The largest absolute Gasteiger partial charge is 0.481 e. The molecule has 1 atom stereocenters. The van der Waals surface area contributed by atoms with Crippen LogP contribution in [0.15, 0.2) is 9.81 Å². The maximum atomic E-state index is 12.3. The highest BCUT2D eigenvalue weighted by Gasteiger charge is 2.34. The van der Waals surface area contributed by atoms with Crippen molar-refractivity contribution in [2.45, 2.75) is 64.6 Å². The van der Waals surface area contributed by atoms with Crippen LogP contribution in [0.4, 0.5) is 0 Å². The molecule has 1 N–H and O–H groups in total. The van der Waals surface area contributed by atoms with Crippen molar-refractivity contribution in [2.75, 3.05) is 5.75 Å². The van der Waals surface area contributed by atoms with Crippen LogP contribution in [-0.2, 0) is 33.4 Å². The third-order valence-electron chi connectivity index (χ3n) is 2.92. The predicted octanol–water partition coefficient (Wildman–Crippen LogP) is 2.71. The minimum Gasteiger partial charge on any atom is -0.481 e. The predicted molar refractivity (Wildman–Crippen MR) is 101 cm³/mol. The summed E-state index contributed by atoms with van der Waals surface area (Å²) in [5, 5.41) is 8.58. The van der Waals surface area contributed by atoms with Gasteiger partial charge >= 0.3 is 23.9 Å². The van der Waals surface area contributed by atoms with E-state index in [9.17, 15) is 19.2 Å². The topological polar surface area (TPSA) is 116 Å². The second-order valence-corrected chi connectivity index (χ2v) is 8.62. The summed E-state index contributed by atoms with van der Waals surface area (Å²) in [5.41, 5.74) is -0.771. The van der Waals surface area contributed by atoms with Gasteiger partial charge in [0.25, 0.3) is 0 Å². The molecule has 0 aromatic rings. The first-order valence-corrected chi connectivity index (χ1v) is 10.3. The summed E-state index contributed by atoms with van der Waals surface area (Å²) in [5.74, 6) is -2.70. The van der Waals surface area contributed by atoms with Gasteiger partial charge in [-0.1, -0.05) is 11.8 Å². The van der Waals surface area contributed by atoms with E-state index in [4.69, 9.17) is 19.3 Å². The molecule has 1 unspecified atom stereocenters. The third-order valence-corrected chi connectivity index (χ3v) is 5.65. The quantitative estimate of drug-likeness (QED) is 0.196. The highest BCUT2D eigenvalue weighted by Crippen LogP contribution is 2.44. The summed E-state index contributed by atoms with van der Waals surface area (Å²) in [6.07, 6.45) is -0.740. The van der Waals surface area contributed by atoms with E-state index in [1.165, 1.54) is 11.8 Å². The van der Waals surface area contributed by atoms with Crippen LogP contribution in [0.25, 0.3) is 0 Å². The normalized spacial score (nSPS) is 16.4. The Bertz CT molecular complexity index is 588. The molecular formula is C17H24O8S2. The van der Waals surface area contributed by atoms with Crippen LogP contribution in [-0.4, -0.2) is 52.4 Å². The molecule has 0 bridgehead atoms. The Balaban J connectivity index is 2.79. The van der Waals surface area contributed by atoms with Crippen molar-refractivity contribution in [3.63, 3.8) is 0 Å². The molecular weight excluding hydrogens is 396 g/mol. The molecule has 8 nitrogen and oxygen atoms in total. The van der Waals surface area contributed by atoms with Crippen molar-refractivity contribution in [3.8, 4) is 0 Å². The molecule has 0 aromatic heterocycles. The van der Waals surface area contributed by atoms with Gasteiger partial charge in [0.15, 0.2) is 11.0 Å². The van der Waals surface area contributed by atoms with Gasteiger partial charge in [-0.3, -0.25) is 9.59 Å². The molecule has 1 fully saturated rings. The van der Waals surface area contributed by atoms with Crippen LogP contribution < -0.4 is 0 Å². The van der Waals surface area contributed by atoms with Crippen molar-refractivity contribution in [2.24, 2.45) is 0 Å². The number of carboxylic acid groups (broad SMARTS) is 1. The van der Waals surface area contributed by atoms with Crippen molar-refractivity contribution in [1.82, 2.24) is 0 Å². The Kier molecular flexibility index (Phi) is 9.71. The number of aliphatic carboxylic acids is 1. The Hall–Kier alpha value is -1.68. The molecule has 10 heteroatoms. The molecule has 0 amide bonds. The maximum Gasteiger partial charge on any atom is 0.347 e. The summed E-state index contributed by atoms with van der Waals surface area (Å²) < 4.78 is 15.9. The number of hydrogen-bond acceptors (Lipinski definition) is 9. The Morgan fingerprint density at radius 3 is 2.07 bits per heavy atom. The minimum absolute atomic E-state index is 0.00921. The van der Waals surface area contributed by atoms with E-state index in [0.29, 0.717) is 9.99 Å². The molecule has 1 aliphatic heterocycles. The lowest BCUT2D eigenvalue weighted by Crippen LogP contribution is -2.23. The van der Waals surface area contributed by atoms with Crippen LogP contribution >= 0.6 is 23.5 Å². The number of thioether (sulfide) groups is 2. The molecule has 0 spiro atoms. The fourth-order valence-electron chi connectivity index (χ4n) is 1.91. The first kappa shape index (κ1) is 23.4. The molecule has 1 rings (SSSR count). The maximum absolute atomic E-state index is 12.3. The molecule has 1 aliphatic rings. The van der Waals surface area contributed by atoms with Gasteiger partial charge in [0, 0.05) is 18.6 Å². The van der Waals surface area contributed by atoms with Crippen LogP contribution in [0.1, 0.15) is 47.0 Å². The fourth-order valence-corrected chi connectivity index (χ4v) is 4.53. The summed E-state index contributed by atoms with van der Waals surface area (Å²) in [4.78, 5) is 46.9. The van der Waals surface area contributed by atoms with Crippen molar-refractivity contribution < 1.29 is 38.5 Å². The van der Waals surface area contributed by atoms with E-state index in [1.807, 2.05) is 0 Å². The highest BCUT2D eigenvalue weighted by molar-refractivity contribution is 8.25. The van der Waals surface area contributed by atoms with E-state index in [1.54, 1.807) is 27.7 Å². The second kappa shape index (κ2) is 11.2. The van der Waals surface area contributed by atoms with E-state index in [2.05, 4.69) is 0 Å². The third kappa shape index (κ3) is 8.70. The minimum atomic E-state index is -0.976. The zero-order valence-electron chi connectivity index (χ0n) is 15.7. The SMILES string of the molecule is CC(C)OC(=O)C(C(=O)OC(C)C)=C1SCC(OC(=O)CCCC(=O)O)S1. The monoisotopic (exact) mass is 420 g/mol. The first-order chi connectivity index (χ1) is 12.6. The lowest BCUT2D eigenvalue weighted by Gasteiger charge is -2.14. The van der Waals surface area contributed by atoms with Gasteiger partial charge < -0.3 is 19.3 Å². The standard InChI is InChI=1S/C17H24O8S2/c1-9(2)23-15(21)14(16(22)24-10(3)4)17-26-8-13(27-17)25-12(20)7-5-6-11(18)19/h9-10,13H,5-8H2,1-4H3,(H,18,19). The molecule has 1 heterocycles. The van der Waals surface area contributed by atoms with Gasteiger partial charge in [0.1, 0.15) is 0 Å². The molecule has 0 aliphatic carbocycles. The van der Waals surface area contributed by atoms with Gasteiger partial charge in [-0.2, -0.15) is 0 Å². The number of carbonyl (C=O) groups excluding carboxylic acids is 3. The molecule has 0 aromatic carbocycles. The summed E-state index contributed by atoms with van der Waals surface area (Å²) >= 11 is 2.29. The number of carbonyl (C=O) groups is 4. The van der Waals surface area contributed by atoms with Crippen molar-refractivity contribution in [3.05, 3.63) is 9.81 Å². The number of hydrogen-bond donors (Lipinski definition) is 1. The van der Waals surface area contributed by atoms with Crippen LogP contribution in [0.2, 0.25) is 0 Å². The zero-order valence-corrected chi connectivity index (χ0v) is 17.3. The van der Waals surface area contributed by atoms with Gasteiger partial charge in [0.05, 0.1) is 16.4 Å². The van der Waals surface area contributed by atoms with E-state index in [0.717, 1.165) is 11.8 Å². The zero-order chi connectivity index (χ0) is 20.6. The number of carboxylic acids is 1. The van der Waals surface area contributed by atoms with Gasteiger partial charge in [0.2, 0.25) is 0 Å². The number of rotatable bonds is 9. The van der Waals surface area contributed by atoms with Gasteiger partial charge in [-0.05, 0) is 34.1 Å².